The maximum atomic E-state index is 12.3. The summed E-state index contributed by atoms with van der Waals surface area (Å²) in [4.78, 5) is 19.8. The molecule has 0 saturated carbocycles. The minimum atomic E-state index is -0.105. The summed E-state index contributed by atoms with van der Waals surface area (Å²) in [6, 6.07) is 16.4. The fourth-order valence-electron chi connectivity index (χ4n) is 3.16. The number of benzene rings is 2. The highest BCUT2D eigenvalue weighted by atomic mass is 32.2. The Hall–Kier alpha value is -2.57. The number of aliphatic imine (C=N–C) groups is 1. The molecule has 0 spiro atoms. The first-order valence-electron chi connectivity index (χ1n) is 9.52. The fraction of sp³-hybridized carbons (Fsp3) is 0.273. The number of thioether (sulfide) groups is 1. The highest BCUT2D eigenvalue weighted by Crippen LogP contribution is 2.28. The molecule has 0 aromatic heterocycles. The summed E-state index contributed by atoms with van der Waals surface area (Å²) in [5.41, 5.74) is 4.30. The largest absolute Gasteiger partial charge is 0.378 e. The van der Waals surface area contributed by atoms with Crippen LogP contribution < -0.4 is 10.2 Å². The molecule has 5 nitrogen and oxygen atoms in total. The lowest BCUT2D eigenvalue weighted by Crippen LogP contribution is -2.36. The van der Waals surface area contributed by atoms with E-state index in [0.29, 0.717) is 10.1 Å². The number of hydrogen-bond acceptors (Lipinski definition) is 5. The van der Waals surface area contributed by atoms with Gasteiger partial charge in [-0.15, -0.1) is 0 Å². The molecule has 1 amide bonds. The zero-order valence-corrected chi connectivity index (χ0v) is 16.7. The maximum absolute atomic E-state index is 12.3. The lowest BCUT2D eigenvalue weighted by atomic mass is 10.1. The van der Waals surface area contributed by atoms with Crippen LogP contribution in [0, 0.1) is 0 Å². The Balaban J connectivity index is 1.45. The van der Waals surface area contributed by atoms with Gasteiger partial charge in [0.15, 0.2) is 5.17 Å². The van der Waals surface area contributed by atoms with Gasteiger partial charge in [-0.3, -0.25) is 4.79 Å². The fourth-order valence-corrected chi connectivity index (χ4v) is 4.00. The van der Waals surface area contributed by atoms with Crippen molar-refractivity contribution in [2.45, 2.75) is 13.3 Å². The summed E-state index contributed by atoms with van der Waals surface area (Å²) < 4.78 is 5.40. The van der Waals surface area contributed by atoms with Gasteiger partial charge in [0.05, 0.1) is 23.8 Å². The molecule has 2 saturated heterocycles. The molecule has 0 aliphatic carbocycles. The number of rotatable bonds is 4. The Morgan fingerprint density at radius 2 is 1.82 bits per heavy atom. The van der Waals surface area contributed by atoms with Gasteiger partial charge in [0, 0.05) is 18.8 Å². The van der Waals surface area contributed by atoms with Crippen LogP contribution in [-0.2, 0) is 16.0 Å². The van der Waals surface area contributed by atoms with Crippen molar-refractivity contribution in [3.8, 4) is 0 Å². The predicted octanol–water partition coefficient (Wildman–Crippen LogP) is 3.98. The quantitative estimate of drug-likeness (QED) is 0.799. The standard InChI is InChI=1S/C22H23N3O2S/c1-2-16-3-7-18(8-4-16)23-22-24-21(26)20(28-22)15-17-5-9-19(10-6-17)25-11-13-27-14-12-25/h3-10,15H,2,11-14H2,1H3,(H,23,24,26)/b20-15-. The second-order valence-corrected chi connectivity index (χ2v) is 7.72. The molecule has 28 heavy (non-hydrogen) atoms. The molecule has 6 heteroatoms. The van der Waals surface area contributed by atoms with E-state index >= 15 is 0 Å². The molecule has 2 fully saturated rings. The van der Waals surface area contributed by atoms with E-state index in [1.807, 2.05) is 30.3 Å². The molecule has 4 rings (SSSR count). The van der Waals surface area contributed by atoms with Gasteiger partial charge in [0.25, 0.3) is 5.91 Å². The van der Waals surface area contributed by atoms with E-state index in [4.69, 9.17) is 4.74 Å². The smallest absolute Gasteiger partial charge is 0.264 e. The monoisotopic (exact) mass is 393 g/mol. The predicted molar refractivity (Wildman–Crippen MR) is 116 cm³/mol. The normalized spacial score (nSPS) is 20.0. The van der Waals surface area contributed by atoms with Crippen molar-refractivity contribution in [2.24, 2.45) is 4.99 Å². The van der Waals surface area contributed by atoms with Gasteiger partial charge < -0.3 is 15.0 Å². The molecule has 0 unspecified atom stereocenters. The van der Waals surface area contributed by atoms with Gasteiger partial charge in [0.1, 0.15) is 0 Å². The lowest BCUT2D eigenvalue weighted by molar-refractivity contribution is -0.115. The van der Waals surface area contributed by atoms with Crippen molar-refractivity contribution in [1.82, 2.24) is 5.32 Å². The highest BCUT2D eigenvalue weighted by Gasteiger charge is 2.23. The van der Waals surface area contributed by atoms with Crippen molar-refractivity contribution >= 4 is 40.3 Å². The minimum Gasteiger partial charge on any atom is -0.378 e. The Morgan fingerprint density at radius 3 is 2.50 bits per heavy atom. The van der Waals surface area contributed by atoms with Crippen molar-refractivity contribution in [2.75, 3.05) is 31.2 Å². The SMILES string of the molecule is CCc1ccc(N=C2NC(=O)/C(=C/c3ccc(N4CCOCC4)cc3)S2)cc1. The minimum absolute atomic E-state index is 0.105. The first-order valence-corrected chi connectivity index (χ1v) is 10.3. The zero-order valence-electron chi connectivity index (χ0n) is 15.9. The van der Waals surface area contributed by atoms with E-state index < -0.39 is 0 Å². The number of anilines is 1. The van der Waals surface area contributed by atoms with Gasteiger partial charge in [-0.1, -0.05) is 31.2 Å². The third kappa shape index (κ3) is 4.46. The third-order valence-corrected chi connectivity index (χ3v) is 5.70. The van der Waals surface area contributed by atoms with E-state index in [2.05, 4.69) is 46.4 Å². The van der Waals surface area contributed by atoms with Gasteiger partial charge in [-0.25, -0.2) is 4.99 Å². The number of morpholine rings is 1. The molecule has 2 aliphatic rings. The van der Waals surface area contributed by atoms with Crippen LogP contribution in [0.4, 0.5) is 11.4 Å². The number of amides is 1. The number of carbonyl (C=O) groups excluding carboxylic acids is 1. The van der Waals surface area contributed by atoms with E-state index in [9.17, 15) is 4.79 Å². The van der Waals surface area contributed by atoms with E-state index in [1.165, 1.54) is 23.0 Å². The number of hydrogen-bond donors (Lipinski definition) is 1. The van der Waals surface area contributed by atoms with E-state index in [1.54, 1.807) is 0 Å². The van der Waals surface area contributed by atoms with Crippen LogP contribution in [-0.4, -0.2) is 37.4 Å². The van der Waals surface area contributed by atoms with Crippen LogP contribution in [0.2, 0.25) is 0 Å². The summed E-state index contributed by atoms with van der Waals surface area (Å²) >= 11 is 1.37. The topological polar surface area (TPSA) is 53.9 Å². The molecule has 2 aromatic rings. The molecular formula is C22H23N3O2S. The van der Waals surface area contributed by atoms with Crippen LogP contribution in [0.15, 0.2) is 58.4 Å². The summed E-state index contributed by atoms with van der Waals surface area (Å²) in [6.07, 6.45) is 2.91. The van der Waals surface area contributed by atoms with Crippen molar-refractivity contribution in [3.63, 3.8) is 0 Å². The molecular weight excluding hydrogens is 370 g/mol. The zero-order chi connectivity index (χ0) is 19.3. The first-order chi connectivity index (χ1) is 13.7. The second-order valence-electron chi connectivity index (χ2n) is 6.69. The van der Waals surface area contributed by atoms with Crippen LogP contribution >= 0.6 is 11.8 Å². The lowest BCUT2D eigenvalue weighted by Gasteiger charge is -2.28. The molecule has 2 aliphatic heterocycles. The number of carbonyl (C=O) groups is 1. The van der Waals surface area contributed by atoms with Gasteiger partial charge in [0.2, 0.25) is 0 Å². The second kappa shape index (κ2) is 8.63. The van der Waals surface area contributed by atoms with Crippen molar-refractivity contribution in [3.05, 3.63) is 64.6 Å². The summed E-state index contributed by atoms with van der Waals surface area (Å²) in [6.45, 7) is 5.49. The molecule has 0 bridgehead atoms. The molecule has 2 heterocycles. The summed E-state index contributed by atoms with van der Waals surface area (Å²) in [5, 5.41) is 3.46. The number of ether oxygens (including phenoxy) is 1. The molecule has 0 radical (unpaired) electrons. The van der Waals surface area contributed by atoms with E-state index in [-0.39, 0.29) is 5.91 Å². The summed E-state index contributed by atoms with van der Waals surface area (Å²) in [5.74, 6) is -0.105. The van der Waals surface area contributed by atoms with Crippen LogP contribution in [0.3, 0.4) is 0 Å². The van der Waals surface area contributed by atoms with Gasteiger partial charge in [-0.05, 0) is 59.7 Å². The van der Waals surface area contributed by atoms with Gasteiger partial charge >= 0.3 is 0 Å². The van der Waals surface area contributed by atoms with Gasteiger partial charge in [-0.2, -0.15) is 0 Å². The number of nitrogens with one attached hydrogen (secondary N) is 1. The van der Waals surface area contributed by atoms with Crippen molar-refractivity contribution < 1.29 is 9.53 Å². The van der Waals surface area contributed by atoms with Crippen LogP contribution in [0.25, 0.3) is 6.08 Å². The highest BCUT2D eigenvalue weighted by molar-refractivity contribution is 8.18. The number of aryl methyl sites for hydroxylation is 1. The van der Waals surface area contributed by atoms with E-state index in [0.717, 1.165) is 44.0 Å². The number of nitrogens with zero attached hydrogens (tertiary/aromatic N) is 2. The third-order valence-electron chi connectivity index (χ3n) is 4.79. The van der Waals surface area contributed by atoms with Crippen molar-refractivity contribution in [1.29, 1.82) is 0 Å². The molecule has 144 valence electrons. The molecule has 2 aromatic carbocycles. The Kier molecular flexibility index (Phi) is 5.78. The maximum Gasteiger partial charge on any atom is 0.264 e. The summed E-state index contributed by atoms with van der Waals surface area (Å²) in [7, 11) is 0. The number of amidine groups is 1. The van der Waals surface area contributed by atoms with Crippen LogP contribution in [0.1, 0.15) is 18.1 Å². The Bertz CT molecular complexity index is 898. The average molecular weight is 394 g/mol. The Morgan fingerprint density at radius 1 is 1.11 bits per heavy atom. The molecule has 0 atom stereocenters. The Labute approximate surface area is 169 Å². The average Bonchev–Trinajstić information content (AvgIpc) is 3.08. The van der Waals surface area contributed by atoms with Crippen LogP contribution in [0.5, 0.6) is 0 Å². The molecule has 1 N–H and O–H groups in total. The first kappa shape index (κ1) is 18.8.